The predicted octanol–water partition coefficient (Wildman–Crippen LogP) is 7.50. The van der Waals surface area contributed by atoms with Gasteiger partial charge in [0.2, 0.25) is 0 Å². The van der Waals surface area contributed by atoms with Crippen molar-refractivity contribution in [1.82, 2.24) is 0 Å². The van der Waals surface area contributed by atoms with Crippen molar-refractivity contribution >= 4 is 11.6 Å². The van der Waals surface area contributed by atoms with E-state index in [2.05, 4.69) is 78.9 Å². The van der Waals surface area contributed by atoms with Crippen molar-refractivity contribution in [3.63, 3.8) is 0 Å². The Kier molecular flexibility index (Phi) is 4.41. The van der Waals surface area contributed by atoms with Gasteiger partial charge in [-0.2, -0.15) is 0 Å². The summed E-state index contributed by atoms with van der Waals surface area (Å²) >= 11 is 0. The summed E-state index contributed by atoms with van der Waals surface area (Å²) in [5, 5.41) is 0. The maximum Gasteiger partial charge on any atom is -0.00135 e. The van der Waals surface area contributed by atoms with E-state index in [9.17, 15) is 0 Å². The molecule has 0 bridgehead atoms. The summed E-state index contributed by atoms with van der Waals surface area (Å²) in [5.74, 6) is 0.777. The van der Waals surface area contributed by atoms with Crippen LogP contribution >= 0.6 is 0 Å². The molecule has 0 aromatic heterocycles. The monoisotopic (exact) mass is 350 g/mol. The van der Waals surface area contributed by atoms with Crippen molar-refractivity contribution in [2.45, 2.75) is 44.4 Å². The fourth-order valence-corrected chi connectivity index (χ4v) is 4.83. The first kappa shape index (κ1) is 16.6. The smallest absolute Gasteiger partial charge is 0.00135 e. The van der Waals surface area contributed by atoms with Crippen LogP contribution in [0, 0.1) is 0 Å². The largest absolute Gasteiger partial charge is 0.0622 e. The number of fused-ring (bicyclic) bond motifs is 1. The maximum atomic E-state index is 2.40. The lowest BCUT2D eigenvalue weighted by Crippen LogP contribution is -2.04. The lowest BCUT2D eigenvalue weighted by molar-refractivity contribution is 0.443. The molecule has 5 rings (SSSR count). The Morgan fingerprint density at radius 1 is 0.630 bits per heavy atom. The van der Waals surface area contributed by atoms with Gasteiger partial charge in [-0.15, -0.1) is 0 Å². The van der Waals surface area contributed by atoms with Gasteiger partial charge < -0.3 is 0 Å². The van der Waals surface area contributed by atoms with Crippen LogP contribution < -0.4 is 0 Å². The van der Waals surface area contributed by atoms with Crippen molar-refractivity contribution < 1.29 is 0 Å². The van der Waals surface area contributed by atoms with E-state index in [0.717, 1.165) is 12.3 Å². The second-order valence-corrected chi connectivity index (χ2v) is 8.05. The zero-order chi connectivity index (χ0) is 18.1. The third-order valence-corrected chi connectivity index (χ3v) is 6.34. The van der Waals surface area contributed by atoms with Crippen LogP contribution in [0.25, 0.3) is 22.8 Å². The minimum atomic E-state index is 0.777. The SMILES string of the molecule is C1=C(c2ccccc2)Cc2cccc(-c3ccc(C4CCCCC4)cc3)c21. The quantitative estimate of drug-likeness (QED) is 0.459. The van der Waals surface area contributed by atoms with Gasteiger partial charge in [0, 0.05) is 0 Å². The summed E-state index contributed by atoms with van der Waals surface area (Å²) in [6.07, 6.45) is 10.4. The van der Waals surface area contributed by atoms with E-state index < -0.39 is 0 Å². The summed E-state index contributed by atoms with van der Waals surface area (Å²) in [7, 11) is 0. The fraction of sp³-hybridized carbons (Fsp3) is 0.259. The highest BCUT2D eigenvalue weighted by atomic mass is 14.2. The van der Waals surface area contributed by atoms with Crippen LogP contribution in [0.3, 0.4) is 0 Å². The molecule has 0 spiro atoms. The number of allylic oxidation sites excluding steroid dienone is 1. The average molecular weight is 351 g/mol. The summed E-state index contributed by atoms with van der Waals surface area (Å²) in [5.41, 5.74) is 9.87. The Bertz CT molecular complexity index is 955. The Labute approximate surface area is 162 Å². The van der Waals surface area contributed by atoms with E-state index in [1.165, 1.54) is 71.1 Å². The fourth-order valence-electron chi connectivity index (χ4n) is 4.83. The van der Waals surface area contributed by atoms with E-state index in [1.54, 1.807) is 0 Å². The minimum absolute atomic E-state index is 0.777. The molecule has 0 heteroatoms. The lowest BCUT2D eigenvalue weighted by atomic mass is 9.83. The molecule has 2 aliphatic carbocycles. The van der Waals surface area contributed by atoms with Crippen molar-refractivity contribution in [1.29, 1.82) is 0 Å². The summed E-state index contributed by atoms with van der Waals surface area (Å²) < 4.78 is 0. The Morgan fingerprint density at radius 3 is 2.19 bits per heavy atom. The van der Waals surface area contributed by atoms with E-state index in [1.807, 2.05) is 0 Å². The first-order valence-corrected chi connectivity index (χ1v) is 10.4. The molecule has 0 aliphatic heterocycles. The molecule has 0 unspecified atom stereocenters. The molecule has 134 valence electrons. The van der Waals surface area contributed by atoms with Gasteiger partial charge in [0.1, 0.15) is 0 Å². The van der Waals surface area contributed by atoms with Crippen LogP contribution in [-0.4, -0.2) is 0 Å². The van der Waals surface area contributed by atoms with Gasteiger partial charge in [-0.3, -0.25) is 0 Å². The Balaban J connectivity index is 1.47. The topological polar surface area (TPSA) is 0 Å². The Hall–Kier alpha value is -2.60. The molecule has 0 heterocycles. The number of benzene rings is 3. The second kappa shape index (κ2) is 7.19. The van der Waals surface area contributed by atoms with E-state index in [0.29, 0.717) is 0 Å². The van der Waals surface area contributed by atoms with Crippen molar-refractivity contribution in [3.8, 4) is 11.1 Å². The first-order chi connectivity index (χ1) is 13.4. The van der Waals surface area contributed by atoms with Gasteiger partial charge in [-0.05, 0) is 70.2 Å². The average Bonchev–Trinajstić information content (AvgIpc) is 3.20. The van der Waals surface area contributed by atoms with Gasteiger partial charge in [0.05, 0.1) is 0 Å². The molecular formula is C27H26. The van der Waals surface area contributed by atoms with E-state index in [-0.39, 0.29) is 0 Å². The molecule has 2 aliphatic rings. The number of hydrogen-bond donors (Lipinski definition) is 0. The molecule has 0 nitrogen and oxygen atoms in total. The third kappa shape index (κ3) is 3.25. The molecule has 0 amide bonds. The molecule has 1 fully saturated rings. The number of rotatable bonds is 3. The van der Waals surface area contributed by atoms with Crippen molar-refractivity contribution in [3.05, 3.63) is 95.1 Å². The highest BCUT2D eigenvalue weighted by molar-refractivity contribution is 5.93. The van der Waals surface area contributed by atoms with E-state index >= 15 is 0 Å². The zero-order valence-corrected chi connectivity index (χ0v) is 15.8. The Morgan fingerprint density at radius 2 is 1.41 bits per heavy atom. The van der Waals surface area contributed by atoms with Crippen LogP contribution in [-0.2, 0) is 6.42 Å². The van der Waals surface area contributed by atoms with Gasteiger partial charge in [-0.25, -0.2) is 0 Å². The van der Waals surface area contributed by atoms with Crippen LogP contribution in [0.4, 0.5) is 0 Å². The molecule has 0 atom stereocenters. The molecule has 0 N–H and O–H groups in total. The van der Waals surface area contributed by atoms with Crippen molar-refractivity contribution in [2.24, 2.45) is 0 Å². The maximum absolute atomic E-state index is 2.40. The van der Waals surface area contributed by atoms with Crippen molar-refractivity contribution in [2.75, 3.05) is 0 Å². The molecule has 27 heavy (non-hydrogen) atoms. The van der Waals surface area contributed by atoms with Crippen LogP contribution in [0.5, 0.6) is 0 Å². The van der Waals surface area contributed by atoms with E-state index in [4.69, 9.17) is 0 Å². The zero-order valence-electron chi connectivity index (χ0n) is 15.8. The molecular weight excluding hydrogens is 324 g/mol. The van der Waals surface area contributed by atoms with Gasteiger partial charge in [-0.1, -0.05) is 92.1 Å². The van der Waals surface area contributed by atoms with Gasteiger partial charge in [0.15, 0.2) is 0 Å². The van der Waals surface area contributed by atoms with Crippen LogP contribution in [0.2, 0.25) is 0 Å². The van der Waals surface area contributed by atoms with Gasteiger partial charge in [0.25, 0.3) is 0 Å². The standard InChI is InChI=1S/C27H26/c1-3-8-20(9-4-1)22-14-16-23(17-15-22)26-13-7-12-24-18-25(19-27(24)26)21-10-5-2-6-11-21/h2,5-7,10-17,19-20H,1,3-4,8-9,18H2. The molecule has 3 aromatic rings. The van der Waals surface area contributed by atoms with Gasteiger partial charge >= 0.3 is 0 Å². The van der Waals surface area contributed by atoms with Crippen LogP contribution in [0.15, 0.2) is 72.8 Å². The third-order valence-electron chi connectivity index (χ3n) is 6.34. The highest BCUT2D eigenvalue weighted by Crippen LogP contribution is 2.38. The molecule has 0 radical (unpaired) electrons. The minimum Gasteiger partial charge on any atom is -0.0622 e. The molecule has 0 saturated heterocycles. The summed E-state index contributed by atoms with van der Waals surface area (Å²) in [4.78, 5) is 0. The summed E-state index contributed by atoms with van der Waals surface area (Å²) in [6.45, 7) is 0. The summed E-state index contributed by atoms with van der Waals surface area (Å²) in [6, 6.07) is 27.0. The normalized spacial score (nSPS) is 16.8. The van der Waals surface area contributed by atoms with Crippen LogP contribution in [0.1, 0.15) is 60.3 Å². The molecule has 1 saturated carbocycles. The predicted molar refractivity (Wildman–Crippen MR) is 116 cm³/mol. The number of hydrogen-bond acceptors (Lipinski definition) is 0. The second-order valence-electron chi connectivity index (χ2n) is 8.05. The molecule has 3 aromatic carbocycles. The lowest BCUT2D eigenvalue weighted by Gasteiger charge is -2.22. The highest BCUT2D eigenvalue weighted by Gasteiger charge is 2.19. The first-order valence-electron chi connectivity index (χ1n) is 10.4.